The van der Waals surface area contributed by atoms with E-state index in [2.05, 4.69) is 5.32 Å². The molecule has 2 aliphatic rings. The predicted octanol–water partition coefficient (Wildman–Crippen LogP) is 2.49. The third-order valence-electron chi connectivity index (χ3n) is 5.46. The zero-order valence-electron chi connectivity index (χ0n) is 16.2. The second-order valence-corrected chi connectivity index (χ2v) is 9.23. The number of hydrogen-bond donors (Lipinski definition) is 1. The standard InChI is InChI=1S/C19H28FN3O3S.ClH/c1-2-21-14-15-7-11-23(12-8-15)27(25,26)16-5-6-17(18(20)13-16)19(24)22-9-3-4-10-22;/h5-6,13,15,21H,2-4,7-12,14H2,1H3;1H. The Morgan fingerprint density at radius 2 is 1.82 bits per heavy atom. The van der Waals surface area contributed by atoms with E-state index in [0.29, 0.717) is 32.1 Å². The molecule has 2 aliphatic heterocycles. The predicted molar refractivity (Wildman–Crippen MR) is 109 cm³/mol. The van der Waals surface area contributed by atoms with Crippen LogP contribution in [0.3, 0.4) is 0 Å². The highest BCUT2D eigenvalue weighted by Gasteiger charge is 2.30. The van der Waals surface area contributed by atoms with Crippen LogP contribution in [-0.2, 0) is 10.0 Å². The van der Waals surface area contributed by atoms with Crippen LogP contribution in [0.4, 0.5) is 4.39 Å². The third-order valence-corrected chi connectivity index (χ3v) is 7.35. The number of benzene rings is 1. The molecule has 0 aliphatic carbocycles. The number of rotatable bonds is 6. The number of halogens is 2. The van der Waals surface area contributed by atoms with Crippen LogP contribution in [0.15, 0.2) is 23.1 Å². The molecule has 0 saturated carbocycles. The van der Waals surface area contributed by atoms with Gasteiger partial charge in [-0.3, -0.25) is 4.79 Å². The monoisotopic (exact) mass is 433 g/mol. The van der Waals surface area contributed by atoms with Crippen molar-refractivity contribution in [2.45, 2.75) is 37.5 Å². The number of nitrogens with zero attached hydrogens (tertiary/aromatic N) is 2. The number of hydrogen-bond acceptors (Lipinski definition) is 4. The highest BCUT2D eigenvalue weighted by Crippen LogP contribution is 2.25. The van der Waals surface area contributed by atoms with Gasteiger partial charge in [0.25, 0.3) is 5.91 Å². The number of piperidine rings is 1. The molecule has 6 nitrogen and oxygen atoms in total. The Bertz CT molecular complexity index is 777. The Balaban J connectivity index is 0.00000280. The van der Waals surface area contributed by atoms with Crippen molar-refractivity contribution < 1.29 is 17.6 Å². The molecule has 2 heterocycles. The maximum Gasteiger partial charge on any atom is 0.256 e. The molecular formula is C19H29ClFN3O3S. The van der Waals surface area contributed by atoms with Crippen molar-refractivity contribution >= 4 is 28.3 Å². The lowest BCUT2D eigenvalue weighted by Crippen LogP contribution is -2.40. The van der Waals surface area contributed by atoms with Crippen molar-refractivity contribution in [3.63, 3.8) is 0 Å². The van der Waals surface area contributed by atoms with Crippen molar-refractivity contribution in [1.82, 2.24) is 14.5 Å². The van der Waals surface area contributed by atoms with E-state index in [4.69, 9.17) is 0 Å². The molecule has 0 unspecified atom stereocenters. The summed E-state index contributed by atoms with van der Waals surface area (Å²) >= 11 is 0. The molecule has 0 atom stereocenters. The Morgan fingerprint density at radius 3 is 2.39 bits per heavy atom. The van der Waals surface area contributed by atoms with Gasteiger partial charge in [-0.15, -0.1) is 12.4 Å². The summed E-state index contributed by atoms with van der Waals surface area (Å²) in [5.41, 5.74) is -0.0554. The Labute approximate surface area is 172 Å². The summed E-state index contributed by atoms with van der Waals surface area (Å²) in [6.45, 7) is 5.97. The molecule has 2 saturated heterocycles. The number of nitrogens with one attached hydrogen (secondary N) is 1. The Hall–Kier alpha value is -1.22. The van der Waals surface area contributed by atoms with E-state index >= 15 is 0 Å². The van der Waals surface area contributed by atoms with Gasteiger partial charge in [0.1, 0.15) is 5.82 Å². The van der Waals surface area contributed by atoms with Gasteiger partial charge in [-0.1, -0.05) is 6.92 Å². The normalized spacial score (nSPS) is 18.9. The summed E-state index contributed by atoms with van der Waals surface area (Å²) in [5.74, 6) is -0.665. The fraction of sp³-hybridized carbons (Fsp3) is 0.632. The van der Waals surface area contributed by atoms with Crippen LogP contribution in [0, 0.1) is 11.7 Å². The second-order valence-electron chi connectivity index (χ2n) is 7.30. The van der Waals surface area contributed by atoms with E-state index in [1.807, 2.05) is 6.92 Å². The van der Waals surface area contributed by atoms with Crippen LogP contribution < -0.4 is 5.32 Å². The average Bonchev–Trinajstić information content (AvgIpc) is 3.21. The molecule has 9 heteroatoms. The first kappa shape index (κ1) is 23.1. The summed E-state index contributed by atoms with van der Waals surface area (Å²) in [4.78, 5) is 13.9. The molecule has 1 aromatic carbocycles. The fourth-order valence-corrected chi connectivity index (χ4v) is 5.25. The topological polar surface area (TPSA) is 69.7 Å². The van der Waals surface area contributed by atoms with Gasteiger partial charge < -0.3 is 10.2 Å². The van der Waals surface area contributed by atoms with Crippen LogP contribution in [0.2, 0.25) is 0 Å². The molecule has 0 bridgehead atoms. The molecular weight excluding hydrogens is 405 g/mol. The van der Waals surface area contributed by atoms with Crippen molar-refractivity contribution in [1.29, 1.82) is 0 Å². The smallest absolute Gasteiger partial charge is 0.256 e. The van der Waals surface area contributed by atoms with Crippen LogP contribution in [0.1, 0.15) is 43.0 Å². The lowest BCUT2D eigenvalue weighted by molar-refractivity contribution is 0.0788. The van der Waals surface area contributed by atoms with Gasteiger partial charge in [0.05, 0.1) is 10.5 Å². The van der Waals surface area contributed by atoms with Crippen LogP contribution in [0.25, 0.3) is 0 Å². The lowest BCUT2D eigenvalue weighted by Gasteiger charge is -2.31. The summed E-state index contributed by atoms with van der Waals surface area (Å²) < 4.78 is 41.6. The second kappa shape index (κ2) is 10.0. The van der Waals surface area contributed by atoms with Gasteiger partial charge in [-0.2, -0.15) is 4.31 Å². The fourth-order valence-electron chi connectivity index (χ4n) is 3.77. The van der Waals surface area contributed by atoms with Gasteiger partial charge >= 0.3 is 0 Å². The molecule has 28 heavy (non-hydrogen) atoms. The molecule has 3 rings (SSSR count). The minimum atomic E-state index is -3.74. The van der Waals surface area contributed by atoms with E-state index < -0.39 is 15.8 Å². The number of carbonyl (C=O) groups is 1. The summed E-state index contributed by atoms with van der Waals surface area (Å²) in [6, 6.07) is 3.65. The van der Waals surface area contributed by atoms with Gasteiger partial charge in [0.15, 0.2) is 0 Å². The number of likely N-dealkylation sites (tertiary alicyclic amines) is 1. The minimum absolute atomic E-state index is 0. The maximum absolute atomic E-state index is 14.5. The highest BCUT2D eigenvalue weighted by atomic mass is 35.5. The first-order valence-corrected chi connectivity index (χ1v) is 11.2. The SMILES string of the molecule is CCNCC1CCN(S(=O)(=O)c2ccc(C(=O)N3CCCC3)c(F)c2)CC1.Cl. The molecule has 0 spiro atoms. The molecule has 1 amide bonds. The minimum Gasteiger partial charge on any atom is -0.339 e. The quantitative estimate of drug-likeness (QED) is 0.748. The van der Waals surface area contributed by atoms with E-state index in [0.717, 1.165) is 44.8 Å². The van der Waals surface area contributed by atoms with Gasteiger partial charge in [-0.05, 0) is 62.9 Å². The van der Waals surface area contributed by atoms with Crippen LogP contribution in [0.5, 0.6) is 0 Å². The van der Waals surface area contributed by atoms with Crippen molar-refractivity contribution in [3.05, 3.63) is 29.6 Å². The molecule has 0 aromatic heterocycles. The van der Waals surface area contributed by atoms with Crippen LogP contribution in [-0.4, -0.2) is 62.8 Å². The van der Waals surface area contributed by atoms with E-state index in [-0.39, 0.29) is 28.8 Å². The largest absolute Gasteiger partial charge is 0.339 e. The molecule has 0 radical (unpaired) electrons. The van der Waals surface area contributed by atoms with E-state index in [1.165, 1.54) is 16.4 Å². The summed E-state index contributed by atoms with van der Waals surface area (Å²) in [5, 5.41) is 3.30. The number of sulfonamides is 1. The number of amides is 1. The summed E-state index contributed by atoms with van der Waals surface area (Å²) in [7, 11) is -3.74. The molecule has 1 aromatic rings. The Morgan fingerprint density at radius 1 is 1.18 bits per heavy atom. The summed E-state index contributed by atoms with van der Waals surface area (Å²) in [6.07, 6.45) is 3.42. The number of carbonyl (C=O) groups excluding carboxylic acids is 1. The van der Waals surface area contributed by atoms with Crippen molar-refractivity contribution in [2.24, 2.45) is 5.92 Å². The molecule has 158 valence electrons. The first-order chi connectivity index (χ1) is 12.9. The zero-order valence-corrected chi connectivity index (χ0v) is 17.8. The van der Waals surface area contributed by atoms with E-state index in [1.54, 1.807) is 4.90 Å². The van der Waals surface area contributed by atoms with Crippen molar-refractivity contribution in [3.8, 4) is 0 Å². The third kappa shape index (κ3) is 5.03. The van der Waals surface area contributed by atoms with Crippen LogP contribution >= 0.6 is 12.4 Å². The van der Waals surface area contributed by atoms with E-state index in [9.17, 15) is 17.6 Å². The van der Waals surface area contributed by atoms with Crippen molar-refractivity contribution in [2.75, 3.05) is 39.3 Å². The molecule has 2 fully saturated rings. The van der Waals surface area contributed by atoms with Gasteiger partial charge in [0, 0.05) is 26.2 Å². The van der Waals surface area contributed by atoms with Gasteiger partial charge in [-0.25, -0.2) is 12.8 Å². The Kier molecular flexibility index (Phi) is 8.24. The maximum atomic E-state index is 14.5. The zero-order chi connectivity index (χ0) is 19.4. The first-order valence-electron chi connectivity index (χ1n) is 9.73. The average molecular weight is 434 g/mol. The lowest BCUT2D eigenvalue weighted by atomic mass is 9.98. The van der Waals surface area contributed by atoms with Gasteiger partial charge in [0.2, 0.25) is 10.0 Å². The molecule has 1 N–H and O–H groups in total. The highest BCUT2D eigenvalue weighted by molar-refractivity contribution is 7.89.